The minimum Gasteiger partial charge on any atom is -0.361 e. The van der Waals surface area contributed by atoms with Gasteiger partial charge >= 0.3 is 0 Å². The predicted octanol–water partition coefficient (Wildman–Crippen LogP) is 3.55. The lowest BCUT2D eigenvalue weighted by Gasteiger charge is -2.49. The monoisotopic (exact) mass is 637 g/mol. The number of benzene rings is 2. The maximum atomic E-state index is 14.9. The topological polar surface area (TPSA) is 118 Å². The Balaban J connectivity index is 1.19. The van der Waals surface area contributed by atoms with Crippen LogP contribution >= 0.6 is 0 Å². The van der Waals surface area contributed by atoms with Crippen molar-refractivity contribution in [3.8, 4) is 0 Å². The average Bonchev–Trinajstić information content (AvgIpc) is 3.77. The van der Waals surface area contributed by atoms with Gasteiger partial charge < -0.3 is 20.3 Å². The largest absolute Gasteiger partial charge is 0.361 e. The van der Waals surface area contributed by atoms with Crippen LogP contribution in [-0.4, -0.2) is 92.4 Å². The van der Waals surface area contributed by atoms with E-state index in [1.807, 2.05) is 37.3 Å². The van der Waals surface area contributed by atoms with Crippen LogP contribution in [0.3, 0.4) is 0 Å². The van der Waals surface area contributed by atoms with E-state index in [2.05, 4.69) is 53.6 Å². The van der Waals surface area contributed by atoms with Crippen molar-refractivity contribution in [2.24, 2.45) is 5.41 Å². The number of amides is 3. The van der Waals surface area contributed by atoms with Crippen molar-refractivity contribution in [3.05, 3.63) is 77.0 Å². The van der Waals surface area contributed by atoms with Gasteiger partial charge in [-0.25, -0.2) is 0 Å². The van der Waals surface area contributed by atoms with E-state index in [9.17, 15) is 19.5 Å². The van der Waals surface area contributed by atoms with Crippen molar-refractivity contribution in [3.63, 3.8) is 0 Å². The van der Waals surface area contributed by atoms with E-state index < -0.39 is 35.0 Å². The molecule has 0 radical (unpaired) electrons. The van der Waals surface area contributed by atoms with Gasteiger partial charge in [-0.1, -0.05) is 56.3 Å². The number of hydrogen-bond donors (Lipinski definition) is 3. The second-order valence-electron chi connectivity index (χ2n) is 14.2. The molecule has 3 N–H and O–H groups in total. The molecule has 0 bridgehead atoms. The number of aromatic nitrogens is 1. The first-order valence-electron chi connectivity index (χ1n) is 17.0. The molecule has 3 fully saturated rings. The number of hydrogen-bond acceptors (Lipinski definition) is 6. The number of piperazine rings is 1. The van der Waals surface area contributed by atoms with Crippen LogP contribution in [-0.2, 0) is 32.0 Å². The van der Waals surface area contributed by atoms with Crippen LogP contribution in [0.2, 0.25) is 0 Å². The number of aromatic amines is 1. The molecule has 3 saturated heterocycles. The van der Waals surface area contributed by atoms with Crippen molar-refractivity contribution >= 4 is 34.2 Å². The Morgan fingerprint density at radius 2 is 1.91 bits per heavy atom. The summed E-state index contributed by atoms with van der Waals surface area (Å²) in [7, 11) is 2.07. The van der Waals surface area contributed by atoms with Crippen LogP contribution in [0.1, 0.15) is 63.1 Å². The molecule has 246 valence electrons. The molecule has 0 spiro atoms. The van der Waals surface area contributed by atoms with Gasteiger partial charge in [0, 0.05) is 42.7 Å². The highest BCUT2D eigenvalue weighted by Gasteiger charge is 2.70. The molecular formula is C37H43N5O5. The summed E-state index contributed by atoms with van der Waals surface area (Å²) < 4.78 is 6.39. The number of rotatable bonds is 6. The van der Waals surface area contributed by atoms with Crippen LogP contribution in [0, 0.1) is 5.41 Å². The minimum atomic E-state index is -2.06. The van der Waals surface area contributed by atoms with Crippen molar-refractivity contribution in [2.75, 3.05) is 20.1 Å². The zero-order valence-electron chi connectivity index (χ0n) is 27.5. The molecule has 3 aromatic rings. The number of ether oxygens (including phenoxy) is 1. The number of H-pyrrole nitrogens is 1. The summed E-state index contributed by atoms with van der Waals surface area (Å²) in [4.78, 5) is 51.9. The Bertz CT molecular complexity index is 1840. The average molecular weight is 638 g/mol. The van der Waals surface area contributed by atoms with E-state index in [0.29, 0.717) is 38.8 Å². The second kappa shape index (κ2) is 10.5. The number of nitrogens with zero attached hydrogens (tertiary/aromatic N) is 3. The van der Waals surface area contributed by atoms with Crippen molar-refractivity contribution in [2.45, 2.75) is 89.1 Å². The Labute approximate surface area is 274 Å². The number of carbonyl (C=O) groups excluding carboxylic acids is 3. The van der Waals surface area contributed by atoms with E-state index in [1.54, 1.807) is 4.90 Å². The SMILES string of the molecule is CCC1=C2c3cccc4[nH]cc(c34)C[C@H]2N(C)C[C@]1(CC)C(=O)NC1(C)OC2(O)[C@@H]3CCCN3C(=O)C(Cc3ccccc3)N2C1=O. The highest BCUT2D eigenvalue weighted by atomic mass is 16.7. The first-order valence-corrected chi connectivity index (χ1v) is 17.0. The maximum Gasteiger partial charge on any atom is 0.280 e. The number of aliphatic hydroxyl groups is 1. The van der Waals surface area contributed by atoms with Gasteiger partial charge in [0.15, 0.2) is 0 Å². The quantitative estimate of drug-likeness (QED) is 0.381. The van der Waals surface area contributed by atoms with Gasteiger partial charge in [0.05, 0.1) is 5.41 Å². The summed E-state index contributed by atoms with van der Waals surface area (Å²) >= 11 is 0. The molecule has 1 aliphatic carbocycles. The molecule has 1 aromatic heterocycles. The first kappa shape index (κ1) is 30.4. The van der Waals surface area contributed by atoms with E-state index >= 15 is 0 Å². The molecule has 0 saturated carbocycles. The number of likely N-dealkylation sites (N-methyl/N-ethyl adjacent to an activating group) is 1. The first-order chi connectivity index (χ1) is 22.6. The Morgan fingerprint density at radius 3 is 2.66 bits per heavy atom. The summed E-state index contributed by atoms with van der Waals surface area (Å²) in [6.07, 6.45) is 5.56. The van der Waals surface area contributed by atoms with Crippen molar-refractivity contribution in [1.82, 2.24) is 25.0 Å². The van der Waals surface area contributed by atoms with Gasteiger partial charge in [-0.15, -0.1) is 0 Å². The molecule has 4 aliphatic heterocycles. The van der Waals surface area contributed by atoms with Crippen LogP contribution in [0.15, 0.2) is 60.3 Å². The lowest BCUT2D eigenvalue weighted by atomic mass is 9.65. The fourth-order valence-corrected chi connectivity index (χ4v) is 9.50. The molecule has 10 heteroatoms. The van der Waals surface area contributed by atoms with Gasteiger partial charge in [0.25, 0.3) is 11.8 Å². The van der Waals surface area contributed by atoms with Crippen LogP contribution in [0.25, 0.3) is 16.5 Å². The third-order valence-electron chi connectivity index (χ3n) is 11.7. The van der Waals surface area contributed by atoms with Crippen LogP contribution in [0.5, 0.6) is 0 Å². The van der Waals surface area contributed by atoms with E-state index in [1.165, 1.54) is 28.3 Å². The Morgan fingerprint density at radius 1 is 1.13 bits per heavy atom. The molecule has 5 heterocycles. The standard InChI is InChI=1S/C37H43N5O5/c1-5-25-31-24-14-10-15-26-30(24)23(20-38-26)19-27(31)40(4)21-36(25,6-2)33(44)39-35(3)34(45)42-28(18-22-12-8-7-9-13-22)32(43)41-17-11-16-29(41)37(42,46)47-35/h7-10,12-15,20,27-29,38,46H,5-6,11,16-19,21H2,1-4H3,(H,39,44)/t27-,28?,29+,35?,36+,37?/m1/s1. The maximum absolute atomic E-state index is 14.9. The predicted molar refractivity (Wildman–Crippen MR) is 176 cm³/mol. The smallest absolute Gasteiger partial charge is 0.280 e. The molecular weight excluding hydrogens is 594 g/mol. The zero-order valence-corrected chi connectivity index (χ0v) is 27.5. The molecule has 6 atom stereocenters. The fraction of sp³-hybridized carbons (Fsp3) is 0.486. The van der Waals surface area contributed by atoms with Crippen molar-refractivity contribution in [1.29, 1.82) is 0 Å². The third-order valence-corrected chi connectivity index (χ3v) is 11.7. The highest BCUT2D eigenvalue weighted by Crippen LogP contribution is 2.51. The fourth-order valence-electron chi connectivity index (χ4n) is 9.50. The zero-order chi connectivity index (χ0) is 32.9. The molecule has 8 rings (SSSR count). The molecule has 2 aromatic carbocycles. The molecule has 3 unspecified atom stereocenters. The lowest BCUT2D eigenvalue weighted by Crippen LogP contribution is -2.71. The van der Waals surface area contributed by atoms with E-state index in [0.717, 1.165) is 28.6 Å². The second-order valence-corrected chi connectivity index (χ2v) is 14.2. The van der Waals surface area contributed by atoms with Gasteiger partial charge in [-0.2, -0.15) is 0 Å². The normalized spacial score (nSPS) is 33.3. The summed E-state index contributed by atoms with van der Waals surface area (Å²) in [5.41, 5.74) is 3.83. The van der Waals surface area contributed by atoms with Crippen LogP contribution < -0.4 is 5.32 Å². The molecule has 3 amide bonds. The Hall–Kier alpha value is -3.99. The Kier molecular flexibility index (Phi) is 6.78. The van der Waals surface area contributed by atoms with Gasteiger partial charge in [-0.3, -0.25) is 28.9 Å². The summed E-state index contributed by atoms with van der Waals surface area (Å²) in [6, 6.07) is 14.2. The summed E-state index contributed by atoms with van der Waals surface area (Å²) in [5.74, 6) is -3.18. The van der Waals surface area contributed by atoms with Gasteiger partial charge in [0.1, 0.15) is 12.1 Å². The van der Waals surface area contributed by atoms with Crippen molar-refractivity contribution < 1.29 is 24.2 Å². The van der Waals surface area contributed by atoms with Gasteiger partial charge in [0.2, 0.25) is 17.5 Å². The minimum absolute atomic E-state index is 0.124. The molecule has 47 heavy (non-hydrogen) atoms. The third kappa shape index (κ3) is 4.10. The molecule has 5 aliphatic rings. The number of nitrogens with one attached hydrogen (secondary N) is 2. The summed E-state index contributed by atoms with van der Waals surface area (Å²) in [6.45, 7) is 6.62. The number of fused-ring (bicyclic) bond motifs is 5. The highest BCUT2D eigenvalue weighted by molar-refractivity contribution is 6.03. The number of carbonyl (C=O) groups is 3. The van der Waals surface area contributed by atoms with E-state index in [4.69, 9.17) is 4.74 Å². The molecule has 10 nitrogen and oxygen atoms in total. The van der Waals surface area contributed by atoms with Crippen LogP contribution in [0.4, 0.5) is 0 Å². The lowest BCUT2D eigenvalue weighted by molar-refractivity contribution is -0.315. The van der Waals surface area contributed by atoms with E-state index in [-0.39, 0.29) is 24.3 Å². The van der Waals surface area contributed by atoms with Gasteiger partial charge in [-0.05, 0) is 80.0 Å². The summed E-state index contributed by atoms with van der Waals surface area (Å²) in [5, 5.41) is 16.5.